The summed E-state index contributed by atoms with van der Waals surface area (Å²) in [5.41, 5.74) is 1.17. The number of carbonyl (C=O) groups is 1. The van der Waals surface area contributed by atoms with Gasteiger partial charge in [0.1, 0.15) is 11.9 Å². The predicted molar refractivity (Wildman–Crippen MR) is 111 cm³/mol. The molecule has 2 atom stereocenters. The summed E-state index contributed by atoms with van der Waals surface area (Å²) in [6, 6.07) is 13.2. The van der Waals surface area contributed by atoms with Crippen LogP contribution in [0.15, 0.2) is 46.9 Å². The Hall–Kier alpha value is -1.60. The highest BCUT2D eigenvalue weighted by atomic mass is 79.9. The summed E-state index contributed by atoms with van der Waals surface area (Å²) in [6.07, 6.45) is -0.383. The highest BCUT2D eigenvalue weighted by molar-refractivity contribution is 9.10. The molecule has 0 radical (unpaired) electrons. The molecule has 0 bridgehead atoms. The monoisotopic (exact) mass is 467 g/mol. The van der Waals surface area contributed by atoms with E-state index in [0.717, 1.165) is 21.3 Å². The van der Waals surface area contributed by atoms with Gasteiger partial charge in [-0.05, 0) is 48.4 Å². The van der Waals surface area contributed by atoms with E-state index < -0.39 is 11.6 Å². The van der Waals surface area contributed by atoms with Gasteiger partial charge in [-0.15, -0.1) is 0 Å². The van der Waals surface area contributed by atoms with Crippen LogP contribution < -0.4 is 4.74 Å². The highest BCUT2D eigenvalue weighted by Gasteiger charge is 2.45. The van der Waals surface area contributed by atoms with Gasteiger partial charge in [0.2, 0.25) is 0 Å². The van der Waals surface area contributed by atoms with E-state index in [1.54, 1.807) is 7.11 Å². The number of amides is 1. The Kier molecular flexibility index (Phi) is 6.65. The number of halogens is 2. The standard InChI is InChI=1S/C21H23BrClNO4/c1-21(15-9-16(22)11-17(23)10-15)13-28-19(7-8-25)20(26)24(21)12-14-3-5-18(27-2)6-4-14/h3-6,9-11,19,25H,7-8,12-13H2,1-2H3. The molecular formula is C21H23BrClNO4. The topological polar surface area (TPSA) is 59.0 Å². The Labute approximate surface area is 178 Å². The first-order valence-electron chi connectivity index (χ1n) is 9.01. The van der Waals surface area contributed by atoms with Crippen molar-refractivity contribution >= 4 is 33.4 Å². The molecule has 0 spiro atoms. The normalized spacial score (nSPS) is 22.4. The molecular weight excluding hydrogens is 446 g/mol. The van der Waals surface area contributed by atoms with Crippen LogP contribution in [0.4, 0.5) is 0 Å². The van der Waals surface area contributed by atoms with Crippen LogP contribution in [0, 0.1) is 0 Å². The predicted octanol–water partition coefficient (Wildman–Crippen LogP) is 4.14. The van der Waals surface area contributed by atoms with Crippen LogP contribution in [-0.2, 0) is 21.6 Å². The number of benzene rings is 2. The lowest BCUT2D eigenvalue weighted by molar-refractivity contribution is -0.174. The molecule has 1 amide bonds. The highest BCUT2D eigenvalue weighted by Crippen LogP contribution is 2.38. The van der Waals surface area contributed by atoms with Crippen LogP contribution in [0.3, 0.4) is 0 Å². The van der Waals surface area contributed by atoms with E-state index in [1.165, 1.54) is 0 Å². The average Bonchev–Trinajstić information content (AvgIpc) is 2.67. The third-order valence-corrected chi connectivity index (χ3v) is 5.75. The summed E-state index contributed by atoms with van der Waals surface area (Å²) in [5, 5.41) is 9.88. The molecule has 1 heterocycles. The number of hydrogen-bond acceptors (Lipinski definition) is 4. The van der Waals surface area contributed by atoms with E-state index in [2.05, 4.69) is 15.9 Å². The average molecular weight is 469 g/mol. The molecule has 7 heteroatoms. The van der Waals surface area contributed by atoms with Gasteiger partial charge in [-0.2, -0.15) is 0 Å². The molecule has 1 N–H and O–H groups in total. The van der Waals surface area contributed by atoms with Crippen molar-refractivity contribution in [2.45, 2.75) is 31.5 Å². The van der Waals surface area contributed by atoms with Gasteiger partial charge >= 0.3 is 0 Å². The fraction of sp³-hybridized carbons (Fsp3) is 0.381. The van der Waals surface area contributed by atoms with Crippen molar-refractivity contribution in [3.8, 4) is 5.75 Å². The van der Waals surface area contributed by atoms with Crippen LogP contribution in [0.25, 0.3) is 0 Å². The molecule has 1 aliphatic heterocycles. The molecule has 1 aliphatic rings. The van der Waals surface area contributed by atoms with Gasteiger partial charge < -0.3 is 19.5 Å². The van der Waals surface area contributed by atoms with Gasteiger partial charge in [-0.3, -0.25) is 4.79 Å². The van der Waals surface area contributed by atoms with Crippen molar-refractivity contribution in [2.75, 3.05) is 20.3 Å². The summed E-state index contributed by atoms with van der Waals surface area (Å²) >= 11 is 9.75. The van der Waals surface area contributed by atoms with Crippen molar-refractivity contribution in [2.24, 2.45) is 0 Å². The fourth-order valence-corrected chi connectivity index (χ4v) is 4.28. The zero-order valence-electron chi connectivity index (χ0n) is 15.8. The second kappa shape index (κ2) is 8.82. The van der Waals surface area contributed by atoms with E-state index in [-0.39, 0.29) is 18.9 Å². The molecule has 3 rings (SSSR count). The lowest BCUT2D eigenvalue weighted by Crippen LogP contribution is -2.58. The van der Waals surface area contributed by atoms with Crippen LogP contribution in [0.1, 0.15) is 24.5 Å². The quantitative estimate of drug-likeness (QED) is 0.692. The summed E-state index contributed by atoms with van der Waals surface area (Å²) < 4.78 is 11.9. The van der Waals surface area contributed by atoms with Gasteiger partial charge in [0.25, 0.3) is 5.91 Å². The molecule has 28 heavy (non-hydrogen) atoms. The molecule has 150 valence electrons. The minimum absolute atomic E-state index is 0.105. The number of aliphatic hydroxyl groups excluding tert-OH is 1. The summed E-state index contributed by atoms with van der Waals surface area (Å²) in [7, 11) is 1.62. The SMILES string of the molecule is COc1ccc(CN2C(=O)C(CCO)OCC2(C)c2cc(Cl)cc(Br)c2)cc1. The van der Waals surface area contributed by atoms with Gasteiger partial charge in [0.15, 0.2) is 0 Å². The molecule has 0 saturated carbocycles. The maximum absolute atomic E-state index is 13.2. The zero-order chi connectivity index (χ0) is 20.3. The summed E-state index contributed by atoms with van der Waals surface area (Å²) in [4.78, 5) is 15.0. The molecule has 5 nitrogen and oxygen atoms in total. The Morgan fingerprint density at radius 3 is 2.64 bits per heavy atom. The summed E-state index contributed by atoms with van der Waals surface area (Å²) in [5.74, 6) is 0.617. The Morgan fingerprint density at radius 2 is 2.04 bits per heavy atom. The van der Waals surface area contributed by atoms with Gasteiger partial charge in [-0.1, -0.05) is 39.7 Å². The third kappa shape index (κ3) is 4.35. The molecule has 1 saturated heterocycles. The largest absolute Gasteiger partial charge is 0.497 e. The first-order valence-corrected chi connectivity index (χ1v) is 10.2. The van der Waals surface area contributed by atoms with Crippen molar-refractivity contribution in [3.63, 3.8) is 0 Å². The number of carbonyl (C=O) groups excluding carboxylic acids is 1. The van der Waals surface area contributed by atoms with Crippen LogP contribution in [-0.4, -0.2) is 42.3 Å². The van der Waals surface area contributed by atoms with Crippen LogP contribution in [0.5, 0.6) is 5.75 Å². The third-order valence-electron chi connectivity index (χ3n) is 5.08. The number of hydrogen-bond donors (Lipinski definition) is 1. The number of ether oxygens (including phenoxy) is 2. The molecule has 0 aliphatic carbocycles. The lowest BCUT2D eigenvalue weighted by atomic mass is 9.88. The Bertz CT molecular complexity index is 825. The zero-order valence-corrected chi connectivity index (χ0v) is 18.2. The van der Waals surface area contributed by atoms with E-state index in [4.69, 9.17) is 21.1 Å². The molecule has 2 unspecified atom stereocenters. The smallest absolute Gasteiger partial charge is 0.252 e. The van der Waals surface area contributed by atoms with E-state index in [0.29, 0.717) is 18.2 Å². The van der Waals surface area contributed by atoms with Gasteiger partial charge in [0.05, 0.1) is 19.3 Å². The fourth-order valence-electron chi connectivity index (χ4n) is 3.42. The lowest BCUT2D eigenvalue weighted by Gasteiger charge is -2.47. The second-order valence-corrected chi connectivity index (χ2v) is 8.37. The van der Waals surface area contributed by atoms with Crippen LogP contribution in [0.2, 0.25) is 5.02 Å². The van der Waals surface area contributed by atoms with Crippen molar-refractivity contribution in [3.05, 3.63) is 63.1 Å². The van der Waals surface area contributed by atoms with Gasteiger partial charge in [0, 0.05) is 29.1 Å². The van der Waals surface area contributed by atoms with E-state index in [1.807, 2.05) is 54.3 Å². The first-order chi connectivity index (χ1) is 13.4. The molecule has 0 aromatic heterocycles. The Morgan fingerprint density at radius 1 is 1.32 bits per heavy atom. The van der Waals surface area contributed by atoms with E-state index >= 15 is 0 Å². The number of morpholine rings is 1. The molecule has 2 aromatic rings. The summed E-state index contributed by atoms with van der Waals surface area (Å²) in [6.45, 7) is 2.59. The maximum atomic E-state index is 13.2. The number of methoxy groups -OCH3 is 1. The van der Waals surface area contributed by atoms with Crippen molar-refractivity contribution in [1.82, 2.24) is 4.90 Å². The first kappa shape index (κ1) is 21.1. The number of rotatable bonds is 6. The Balaban J connectivity index is 1.99. The minimum Gasteiger partial charge on any atom is -0.497 e. The second-order valence-electron chi connectivity index (χ2n) is 7.02. The number of nitrogens with zero attached hydrogens (tertiary/aromatic N) is 1. The van der Waals surface area contributed by atoms with Crippen molar-refractivity contribution < 1.29 is 19.4 Å². The van der Waals surface area contributed by atoms with Crippen molar-refractivity contribution in [1.29, 1.82) is 0 Å². The van der Waals surface area contributed by atoms with E-state index in [9.17, 15) is 9.90 Å². The van der Waals surface area contributed by atoms with Gasteiger partial charge in [-0.25, -0.2) is 0 Å². The molecule has 2 aromatic carbocycles. The number of aliphatic hydroxyl groups is 1. The molecule has 1 fully saturated rings. The minimum atomic E-state index is -0.698. The maximum Gasteiger partial charge on any atom is 0.252 e. The van der Waals surface area contributed by atoms with Crippen LogP contribution >= 0.6 is 27.5 Å².